The zero-order chi connectivity index (χ0) is 6.69. The van der Waals surface area contributed by atoms with Gasteiger partial charge in [0.05, 0.1) is 0 Å². The van der Waals surface area contributed by atoms with Crippen molar-refractivity contribution in [1.82, 2.24) is 0 Å². The summed E-state index contributed by atoms with van der Waals surface area (Å²) in [6.07, 6.45) is 0. The highest BCUT2D eigenvalue weighted by atomic mass is 28.3. The molecular weight excluding hydrogens is 131 g/mol. The van der Waals surface area contributed by atoms with Crippen LogP contribution >= 0.6 is 0 Å². The fourth-order valence-corrected chi connectivity index (χ4v) is 1.47. The van der Waals surface area contributed by atoms with Gasteiger partial charge in [-0.1, -0.05) is 30.3 Å². The van der Waals surface area contributed by atoms with Gasteiger partial charge in [0.1, 0.15) is 0 Å². The molecule has 1 unspecified atom stereocenters. The van der Waals surface area contributed by atoms with E-state index < -0.39 is 9.13 Å². The molecule has 1 aromatic carbocycles. The topological polar surface area (TPSA) is 0 Å². The van der Waals surface area contributed by atoms with E-state index in [1.807, 2.05) is 30.3 Å². The molecule has 0 saturated heterocycles. The number of benzene rings is 1. The summed E-state index contributed by atoms with van der Waals surface area (Å²) in [5, 5.41) is 0.887. The lowest BCUT2D eigenvalue weighted by Gasteiger charge is -1.95. The van der Waals surface area contributed by atoms with Crippen molar-refractivity contribution in [2.24, 2.45) is 0 Å². The number of rotatable bonds is 1. The number of halogens is 1. The van der Waals surface area contributed by atoms with E-state index in [9.17, 15) is 4.11 Å². The molecule has 2 heteroatoms. The maximum absolute atomic E-state index is 12.6. The third-order valence-electron chi connectivity index (χ3n) is 1.26. The van der Waals surface area contributed by atoms with Crippen LogP contribution < -0.4 is 5.19 Å². The van der Waals surface area contributed by atoms with Crippen LogP contribution in [0.3, 0.4) is 0 Å². The minimum atomic E-state index is -2.03. The monoisotopic (exact) mass is 140 g/mol. The molecule has 0 bridgehead atoms. The van der Waals surface area contributed by atoms with Crippen molar-refractivity contribution in [1.29, 1.82) is 0 Å². The van der Waals surface area contributed by atoms with Gasteiger partial charge >= 0.3 is 0 Å². The third-order valence-corrected chi connectivity index (χ3v) is 2.56. The smallest absolute Gasteiger partial charge is 0.259 e. The molecule has 0 N–H and O–H groups in total. The summed E-state index contributed by atoms with van der Waals surface area (Å²) in [5.41, 5.74) is 0. The molecule has 0 amide bonds. The Kier molecular flexibility index (Phi) is 2.00. The first-order chi connectivity index (χ1) is 4.30. The molecule has 0 aliphatic rings. The molecule has 48 valence electrons. The molecule has 0 heterocycles. The van der Waals surface area contributed by atoms with E-state index in [4.69, 9.17) is 0 Å². The van der Waals surface area contributed by atoms with E-state index in [-0.39, 0.29) is 0 Å². The Morgan fingerprint density at radius 3 is 2.11 bits per heavy atom. The van der Waals surface area contributed by atoms with Crippen LogP contribution in [0, 0.1) is 0 Å². The van der Waals surface area contributed by atoms with Gasteiger partial charge in [0.25, 0.3) is 9.13 Å². The van der Waals surface area contributed by atoms with Crippen molar-refractivity contribution in [3.05, 3.63) is 30.3 Å². The molecular formula is C7H9FSi. The van der Waals surface area contributed by atoms with E-state index in [1.165, 1.54) is 0 Å². The molecule has 0 spiro atoms. The summed E-state index contributed by atoms with van der Waals surface area (Å²) in [5.74, 6) is 0. The highest BCUT2D eigenvalue weighted by molar-refractivity contribution is 6.65. The third kappa shape index (κ3) is 1.64. The van der Waals surface area contributed by atoms with Crippen molar-refractivity contribution < 1.29 is 4.11 Å². The van der Waals surface area contributed by atoms with Crippen LogP contribution in [0.1, 0.15) is 0 Å². The predicted molar refractivity (Wildman–Crippen MR) is 40.2 cm³/mol. The molecule has 1 atom stereocenters. The summed E-state index contributed by atoms with van der Waals surface area (Å²) in [4.78, 5) is 0. The highest BCUT2D eigenvalue weighted by Crippen LogP contribution is 1.87. The van der Waals surface area contributed by atoms with Crippen molar-refractivity contribution in [2.45, 2.75) is 6.55 Å². The van der Waals surface area contributed by atoms with Crippen molar-refractivity contribution >= 4 is 14.3 Å². The van der Waals surface area contributed by atoms with Gasteiger partial charge in [0.15, 0.2) is 0 Å². The van der Waals surface area contributed by atoms with Crippen molar-refractivity contribution in [3.63, 3.8) is 0 Å². The molecule has 9 heavy (non-hydrogen) atoms. The molecule has 0 radical (unpaired) electrons. The Morgan fingerprint density at radius 1 is 1.22 bits per heavy atom. The van der Waals surface area contributed by atoms with Crippen LogP contribution in [-0.2, 0) is 0 Å². The molecule has 1 rings (SSSR count). The van der Waals surface area contributed by atoms with Crippen molar-refractivity contribution in [3.8, 4) is 0 Å². The zero-order valence-corrected chi connectivity index (χ0v) is 6.50. The first-order valence-electron chi connectivity index (χ1n) is 2.99. The Bertz CT molecular complexity index is 172. The van der Waals surface area contributed by atoms with E-state index in [0.717, 1.165) is 5.19 Å². The second-order valence-electron chi connectivity index (χ2n) is 2.03. The fraction of sp³-hybridized carbons (Fsp3) is 0.143. The van der Waals surface area contributed by atoms with E-state index in [1.54, 1.807) is 6.55 Å². The Hall–Kier alpha value is -0.633. The Morgan fingerprint density at radius 2 is 1.78 bits per heavy atom. The summed E-state index contributed by atoms with van der Waals surface area (Å²) < 4.78 is 12.6. The lowest BCUT2D eigenvalue weighted by molar-refractivity contribution is 0.856. The molecule has 0 nitrogen and oxygen atoms in total. The second-order valence-corrected chi connectivity index (χ2v) is 3.93. The highest BCUT2D eigenvalue weighted by Gasteiger charge is 2.01. The van der Waals surface area contributed by atoms with Gasteiger partial charge in [-0.2, -0.15) is 0 Å². The first kappa shape index (κ1) is 6.49. The molecule has 0 aliphatic heterocycles. The van der Waals surface area contributed by atoms with Gasteiger partial charge in [-0.25, -0.2) is 0 Å². The molecule has 0 saturated carbocycles. The van der Waals surface area contributed by atoms with Crippen molar-refractivity contribution in [2.75, 3.05) is 0 Å². The summed E-state index contributed by atoms with van der Waals surface area (Å²) in [7, 11) is -2.03. The van der Waals surface area contributed by atoms with Crippen LogP contribution in [0.15, 0.2) is 30.3 Å². The first-order valence-corrected chi connectivity index (χ1v) is 5.16. The SMILES string of the molecule is C[SiH](F)c1ccccc1. The maximum Gasteiger partial charge on any atom is 0.259 e. The van der Waals surface area contributed by atoms with Gasteiger partial charge in [-0.05, 0) is 11.7 Å². The fourth-order valence-electron chi connectivity index (χ4n) is 0.718. The van der Waals surface area contributed by atoms with Gasteiger partial charge in [0.2, 0.25) is 0 Å². The quantitative estimate of drug-likeness (QED) is 0.406. The van der Waals surface area contributed by atoms with Crippen LogP contribution in [0.4, 0.5) is 4.11 Å². The average Bonchev–Trinajstić information content (AvgIpc) is 1.90. The summed E-state index contributed by atoms with van der Waals surface area (Å²) >= 11 is 0. The molecule has 0 aliphatic carbocycles. The molecule has 0 aromatic heterocycles. The van der Waals surface area contributed by atoms with E-state index in [0.29, 0.717) is 0 Å². The van der Waals surface area contributed by atoms with Gasteiger partial charge in [0, 0.05) is 0 Å². The van der Waals surface area contributed by atoms with E-state index in [2.05, 4.69) is 0 Å². The predicted octanol–water partition coefficient (Wildman–Crippen LogP) is 1.22. The maximum atomic E-state index is 12.6. The lowest BCUT2D eigenvalue weighted by atomic mass is 10.4. The van der Waals surface area contributed by atoms with Gasteiger partial charge in [-0.3, -0.25) is 0 Å². The second kappa shape index (κ2) is 2.78. The van der Waals surface area contributed by atoms with Crippen LogP contribution in [-0.4, -0.2) is 9.13 Å². The minimum absolute atomic E-state index is 0.887. The minimum Gasteiger partial charge on any atom is -0.313 e. The Balaban J connectivity index is 2.85. The van der Waals surface area contributed by atoms with Crippen LogP contribution in [0.2, 0.25) is 6.55 Å². The average molecular weight is 140 g/mol. The van der Waals surface area contributed by atoms with Gasteiger partial charge < -0.3 is 4.11 Å². The summed E-state index contributed by atoms with van der Waals surface area (Å²) in [6, 6.07) is 9.34. The normalized spacial score (nSPS) is 13.1. The van der Waals surface area contributed by atoms with E-state index >= 15 is 0 Å². The summed E-state index contributed by atoms with van der Waals surface area (Å²) in [6.45, 7) is 1.68. The van der Waals surface area contributed by atoms with Crippen LogP contribution in [0.5, 0.6) is 0 Å². The lowest BCUT2D eigenvalue weighted by Crippen LogP contribution is -2.20. The number of hydrogen-bond acceptors (Lipinski definition) is 0. The number of hydrogen-bond donors (Lipinski definition) is 0. The van der Waals surface area contributed by atoms with Gasteiger partial charge in [-0.15, -0.1) is 0 Å². The molecule has 0 fully saturated rings. The standard InChI is InChI=1S/C7H9FSi/c1-9(8)7-5-3-2-4-6-7/h2-6,9H,1H3. The Labute approximate surface area is 56.1 Å². The zero-order valence-electron chi connectivity index (χ0n) is 5.34. The largest absolute Gasteiger partial charge is 0.313 e. The molecule has 1 aromatic rings. The van der Waals surface area contributed by atoms with Crippen LogP contribution in [0.25, 0.3) is 0 Å².